The quantitative estimate of drug-likeness (QED) is 0.283. The van der Waals surface area contributed by atoms with E-state index in [1.807, 2.05) is 67.8 Å². The Morgan fingerprint density at radius 2 is 1.51 bits per heavy atom. The molecule has 0 radical (unpaired) electrons. The third-order valence-corrected chi connectivity index (χ3v) is 6.81. The van der Waals surface area contributed by atoms with E-state index in [0.29, 0.717) is 17.7 Å². The molecule has 0 aliphatic carbocycles. The van der Waals surface area contributed by atoms with Crippen LogP contribution in [0.4, 0.5) is 0 Å². The molecule has 4 rings (SSSR count). The van der Waals surface area contributed by atoms with Crippen molar-refractivity contribution in [2.75, 3.05) is 12.0 Å². The Bertz CT molecular complexity index is 1430. The molecule has 37 heavy (non-hydrogen) atoms. The minimum atomic E-state index is -1.27. The second-order valence-corrected chi connectivity index (χ2v) is 9.67. The van der Waals surface area contributed by atoms with Crippen molar-refractivity contribution in [1.82, 2.24) is 5.32 Å². The number of nitrogens with one attached hydrogen (secondary N) is 1. The average molecular weight is 502 g/mol. The zero-order chi connectivity index (χ0) is 25.5. The van der Waals surface area contributed by atoms with Gasteiger partial charge in [0.1, 0.15) is 0 Å². The molecule has 0 aromatic heterocycles. The molecule has 1 amide bonds. The van der Waals surface area contributed by atoms with Crippen LogP contribution in [0.2, 0.25) is 0 Å². The Morgan fingerprint density at radius 1 is 0.865 bits per heavy atom. The summed E-state index contributed by atoms with van der Waals surface area (Å²) in [6.07, 6.45) is 6.28. The minimum Gasteiger partial charge on any atom is -0.548 e. The van der Waals surface area contributed by atoms with Crippen molar-refractivity contribution in [2.24, 2.45) is 0 Å². The van der Waals surface area contributed by atoms with E-state index in [1.165, 1.54) is 22.5 Å². The van der Waals surface area contributed by atoms with Gasteiger partial charge < -0.3 is 15.2 Å². The maximum absolute atomic E-state index is 13.2. The molecule has 0 aliphatic rings. The fraction of sp³-hybridized carbons (Fsp3) is 0.161. The molecule has 0 bridgehead atoms. The van der Waals surface area contributed by atoms with E-state index < -0.39 is 17.9 Å². The van der Waals surface area contributed by atoms with Crippen LogP contribution in [-0.4, -0.2) is 29.9 Å². The first kappa shape index (κ1) is 28.3. The number of carbonyl (C=O) groups is 2. The van der Waals surface area contributed by atoms with Gasteiger partial charge in [-0.1, -0.05) is 78.9 Å². The first-order valence-electron chi connectivity index (χ1n) is 11.8. The molecular formula is C31H28LiNO3S. The number of fused-ring (bicyclic) bond motifs is 1. The van der Waals surface area contributed by atoms with Crippen molar-refractivity contribution < 1.29 is 33.6 Å². The SMILES string of the molecule is CSCCC(NC(=O)c1ccc(/C=C/c2ccc3ccccc3c2)cc1-c1ccccc1C)C(=O)[O-].[Li+]. The molecule has 0 saturated carbocycles. The number of hydrogen-bond acceptors (Lipinski definition) is 4. The van der Waals surface area contributed by atoms with Crippen LogP contribution in [0.1, 0.15) is 33.5 Å². The molecule has 0 saturated heterocycles. The predicted octanol–water partition coefficient (Wildman–Crippen LogP) is 2.59. The van der Waals surface area contributed by atoms with Gasteiger partial charge in [-0.15, -0.1) is 0 Å². The fourth-order valence-electron chi connectivity index (χ4n) is 4.19. The van der Waals surface area contributed by atoms with Crippen molar-refractivity contribution in [3.8, 4) is 11.1 Å². The molecular weight excluding hydrogens is 473 g/mol. The second kappa shape index (κ2) is 13.4. The summed E-state index contributed by atoms with van der Waals surface area (Å²) in [4.78, 5) is 24.8. The van der Waals surface area contributed by atoms with E-state index in [1.54, 1.807) is 6.07 Å². The number of hydrogen-bond donors (Lipinski definition) is 1. The van der Waals surface area contributed by atoms with Crippen molar-refractivity contribution in [1.29, 1.82) is 0 Å². The molecule has 0 fully saturated rings. The molecule has 1 N–H and O–H groups in total. The molecule has 1 atom stereocenters. The van der Waals surface area contributed by atoms with Crippen LogP contribution in [0.3, 0.4) is 0 Å². The zero-order valence-electron chi connectivity index (χ0n) is 21.4. The smallest absolute Gasteiger partial charge is 0.548 e. The van der Waals surface area contributed by atoms with Crippen molar-refractivity contribution in [3.05, 3.63) is 107 Å². The van der Waals surface area contributed by atoms with Crippen molar-refractivity contribution in [2.45, 2.75) is 19.4 Å². The van der Waals surface area contributed by atoms with Crippen LogP contribution in [0.25, 0.3) is 34.1 Å². The first-order valence-corrected chi connectivity index (χ1v) is 13.2. The van der Waals surface area contributed by atoms with Gasteiger partial charge in [0.2, 0.25) is 0 Å². The van der Waals surface area contributed by atoms with Crippen LogP contribution in [0.15, 0.2) is 84.9 Å². The summed E-state index contributed by atoms with van der Waals surface area (Å²) in [5, 5.41) is 16.6. The van der Waals surface area contributed by atoms with Gasteiger partial charge in [0.05, 0.1) is 12.0 Å². The molecule has 0 heterocycles. The molecule has 182 valence electrons. The Hall–Kier alpha value is -3.23. The zero-order valence-corrected chi connectivity index (χ0v) is 22.2. The summed E-state index contributed by atoms with van der Waals surface area (Å²) in [6, 6.07) is 27.0. The van der Waals surface area contributed by atoms with E-state index in [-0.39, 0.29) is 18.9 Å². The second-order valence-electron chi connectivity index (χ2n) is 8.69. The van der Waals surface area contributed by atoms with Gasteiger partial charge in [-0.05, 0) is 82.1 Å². The Kier molecular flexibility index (Phi) is 10.2. The summed E-state index contributed by atoms with van der Waals surface area (Å²) in [5.41, 5.74) is 5.17. The summed E-state index contributed by atoms with van der Waals surface area (Å²) in [6.45, 7) is 2.00. The van der Waals surface area contributed by atoms with E-state index in [9.17, 15) is 14.7 Å². The van der Waals surface area contributed by atoms with Crippen LogP contribution in [0, 0.1) is 6.92 Å². The van der Waals surface area contributed by atoms with Gasteiger partial charge in [0.25, 0.3) is 5.91 Å². The van der Waals surface area contributed by atoms with Gasteiger partial charge >= 0.3 is 18.9 Å². The third-order valence-electron chi connectivity index (χ3n) is 6.17. The van der Waals surface area contributed by atoms with Crippen molar-refractivity contribution >= 4 is 46.6 Å². The topological polar surface area (TPSA) is 69.2 Å². The number of carbonyl (C=O) groups excluding carboxylic acids is 2. The minimum absolute atomic E-state index is 0. The Morgan fingerprint density at radius 3 is 2.22 bits per heavy atom. The Balaban J connectivity index is 0.00000380. The van der Waals surface area contributed by atoms with Gasteiger partial charge in [-0.3, -0.25) is 4.79 Å². The average Bonchev–Trinajstić information content (AvgIpc) is 2.89. The largest absolute Gasteiger partial charge is 1.00 e. The van der Waals surface area contributed by atoms with Gasteiger partial charge in [0.15, 0.2) is 0 Å². The van der Waals surface area contributed by atoms with E-state index >= 15 is 0 Å². The molecule has 0 aliphatic heterocycles. The number of aryl methyl sites for hydroxylation is 1. The van der Waals surface area contributed by atoms with Gasteiger partial charge in [0, 0.05) is 5.56 Å². The maximum Gasteiger partial charge on any atom is 1.00 e. The first-order chi connectivity index (χ1) is 17.5. The summed E-state index contributed by atoms with van der Waals surface area (Å²) >= 11 is 1.53. The van der Waals surface area contributed by atoms with E-state index in [2.05, 4.69) is 41.7 Å². The fourth-order valence-corrected chi connectivity index (χ4v) is 4.66. The number of aliphatic carboxylic acids is 1. The number of carboxylic acid groups (broad SMARTS) is 1. The molecule has 1 unspecified atom stereocenters. The van der Waals surface area contributed by atoms with Gasteiger partial charge in [-0.2, -0.15) is 11.8 Å². The van der Waals surface area contributed by atoms with E-state index in [0.717, 1.165) is 27.8 Å². The number of benzene rings is 4. The maximum atomic E-state index is 13.2. The standard InChI is InChI=1S/C31H29NO3S.Li/c1-21-7-3-6-10-26(21)28-20-23(12-11-22-13-15-24-8-4-5-9-25(24)19-22)14-16-27(28)30(33)32-29(31(34)35)17-18-36-2;/h3-16,19-20,29H,17-18H2,1-2H3,(H,32,33)(H,34,35);/q;+1/p-1/b12-11+;. The summed E-state index contributed by atoms with van der Waals surface area (Å²) < 4.78 is 0. The molecule has 0 spiro atoms. The summed E-state index contributed by atoms with van der Waals surface area (Å²) in [5.74, 6) is -1.08. The number of rotatable bonds is 9. The number of carboxylic acids is 1. The normalized spacial score (nSPS) is 11.7. The van der Waals surface area contributed by atoms with Crippen LogP contribution >= 0.6 is 11.8 Å². The molecule has 4 aromatic rings. The number of amides is 1. The Labute approximate surface area is 234 Å². The number of thioether (sulfide) groups is 1. The summed E-state index contributed by atoms with van der Waals surface area (Å²) in [7, 11) is 0. The van der Waals surface area contributed by atoms with Gasteiger partial charge in [-0.25, -0.2) is 0 Å². The molecule has 6 heteroatoms. The van der Waals surface area contributed by atoms with Crippen molar-refractivity contribution in [3.63, 3.8) is 0 Å². The molecule has 4 aromatic carbocycles. The van der Waals surface area contributed by atoms with E-state index in [4.69, 9.17) is 0 Å². The third kappa shape index (κ3) is 7.17. The van der Waals surface area contributed by atoms with Crippen LogP contribution in [-0.2, 0) is 4.79 Å². The monoisotopic (exact) mass is 501 g/mol. The molecule has 4 nitrogen and oxygen atoms in total. The predicted molar refractivity (Wildman–Crippen MR) is 149 cm³/mol. The van der Waals surface area contributed by atoms with Crippen LogP contribution in [0.5, 0.6) is 0 Å². The van der Waals surface area contributed by atoms with Crippen LogP contribution < -0.4 is 29.3 Å².